The zero-order valence-electron chi connectivity index (χ0n) is 18.6. The SMILES string of the molecule is Cc1[nH]n(CCCC(=O)O)c(=O)c1N=Nc1cccc(CCc2c(F)cccc2C(F)(F)F)c1O. The Balaban J connectivity index is 1.80. The lowest BCUT2D eigenvalue weighted by atomic mass is 9.98. The number of halogens is 4. The number of carboxylic acid groups (broad SMARTS) is 1. The maximum atomic E-state index is 14.1. The quantitative estimate of drug-likeness (QED) is 0.272. The van der Waals surface area contributed by atoms with Gasteiger partial charge in [0.25, 0.3) is 5.56 Å². The average Bonchev–Trinajstić information content (AvgIpc) is 3.04. The predicted octanol–water partition coefficient (Wildman–Crippen LogP) is 5.41. The number of carboxylic acids is 1. The minimum atomic E-state index is -4.72. The third-order valence-electron chi connectivity index (χ3n) is 5.30. The Morgan fingerprint density at radius 3 is 2.51 bits per heavy atom. The topological polar surface area (TPSA) is 120 Å². The smallest absolute Gasteiger partial charge is 0.416 e. The molecule has 3 N–H and O–H groups in total. The molecule has 1 heterocycles. The molecule has 0 saturated heterocycles. The molecule has 3 aromatic rings. The second-order valence-corrected chi connectivity index (χ2v) is 7.79. The Bertz CT molecular complexity index is 1310. The summed E-state index contributed by atoms with van der Waals surface area (Å²) in [5.41, 5.74) is -1.55. The molecule has 0 bridgehead atoms. The first-order valence-electron chi connectivity index (χ1n) is 10.6. The number of phenolic OH excluding ortho intramolecular Hbond substituents is 1. The van der Waals surface area contributed by atoms with Crippen LogP contribution in [0, 0.1) is 12.7 Å². The van der Waals surface area contributed by atoms with E-state index in [-0.39, 0.29) is 54.9 Å². The Morgan fingerprint density at radius 1 is 1.11 bits per heavy atom. The number of nitrogens with zero attached hydrogens (tertiary/aromatic N) is 3. The number of rotatable bonds is 9. The van der Waals surface area contributed by atoms with Gasteiger partial charge in [0.2, 0.25) is 0 Å². The van der Waals surface area contributed by atoms with Crippen molar-refractivity contribution in [2.45, 2.75) is 45.3 Å². The molecular formula is C23H22F4N4O4. The summed E-state index contributed by atoms with van der Waals surface area (Å²) in [6.45, 7) is 1.71. The number of alkyl halides is 3. The van der Waals surface area contributed by atoms with Crippen molar-refractivity contribution < 1.29 is 32.6 Å². The second kappa shape index (κ2) is 10.5. The molecule has 0 aliphatic rings. The number of aromatic amines is 1. The van der Waals surface area contributed by atoms with Gasteiger partial charge in [-0.1, -0.05) is 18.2 Å². The zero-order chi connectivity index (χ0) is 25.8. The van der Waals surface area contributed by atoms with Crippen molar-refractivity contribution in [3.05, 3.63) is 75.0 Å². The Kier molecular flexibility index (Phi) is 7.72. The van der Waals surface area contributed by atoms with Gasteiger partial charge in [0.15, 0.2) is 5.69 Å². The van der Waals surface area contributed by atoms with Gasteiger partial charge in [0.05, 0.1) is 11.3 Å². The maximum absolute atomic E-state index is 14.1. The van der Waals surface area contributed by atoms with E-state index in [1.54, 1.807) is 6.92 Å². The molecule has 0 amide bonds. The molecule has 12 heteroatoms. The molecule has 0 radical (unpaired) electrons. The number of H-pyrrole nitrogens is 1. The molecule has 0 atom stereocenters. The number of hydrogen-bond acceptors (Lipinski definition) is 5. The highest BCUT2D eigenvalue weighted by Gasteiger charge is 2.34. The molecule has 0 unspecified atom stereocenters. The van der Waals surface area contributed by atoms with Crippen molar-refractivity contribution in [3.8, 4) is 5.75 Å². The first kappa shape index (κ1) is 25.7. The zero-order valence-corrected chi connectivity index (χ0v) is 18.6. The highest BCUT2D eigenvalue weighted by molar-refractivity contribution is 5.66. The van der Waals surface area contributed by atoms with Crippen molar-refractivity contribution in [3.63, 3.8) is 0 Å². The number of carbonyl (C=O) groups is 1. The van der Waals surface area contributed by atoms with Gasteiger partial charge < -0.3 is 10.2 Å². The molecule has 8 nitrogen and oxygen atoms in total. The summed E-state index contributed by atoms with van der Waals surface area (Å²) < 4.78 is 55.0. The van der Waals surface area contributed by atoms with Crippen LogP contribution >= 0.6 is 0 Å². The third kappa shape index (κ3) is 6.14. The Morgan fingerprint density at radius 2 is 1.83 bits per heavy atom. The molecular weight excluding hydrogens is 472 g/mol. The van der Waals surface area contributed by atoms with Crippen molar-refractivity contribution >= 4 is 17.3 Å². The largest absolute Gasteiger partial charge is 0.505 e. The highest BCUT2D eigenvalue weighted by atomic mass is 19.4. The van der Waals surface area contributed by atoms with Gasteiger partial charge >= 0.3 is 12.1 Å². The van der Waals surface area contributed by atoms with E-state index in [4.69, 9.17) is 5.11 Å². The van der Waals surface area contributed by atoms with E-state index >= 15 is 0 Å². The molecule has 3 rings (SSSR count). The van der Waals surface area contributed by atoms with Gasteiger partial charge in [-0.3, -0.25) is 19.4 Å². The van der Waals surface area contributed by atoms with Crippen LogP contribution in [0.25, 0.3) is 0 Å². The van der Waals surface area contributed by atoms with Crippen LogP contribution in [-0.2, 0) is 30.4 Å². The fourth-order valence-electron chi connectivity index (χ4n) is 3.56. The van der Waals surface area contributed by atoms with Crippen molar-refractivity contribution in [2.75, 3.05) is 0 Å². The fourth-order valence-corrected chi connectivity index (χ4v) is 3.56. The number of benzene rings is 2. The van der Waals surface area contributed by atoms with E-state index in [0.717, 1.165) is 18.2 Å². The number of aliphatic carboxylic acids is 1. The summed E-state index contributed by atoms with van der Waals surface area (Å²) in [6.07, 6.45) is -5.01. The summed E-state index contributed by atoms with van der Waals surface area (Å²) in [5.74, 6) is -2.32. The van der Waals surface area contributed by atoms with Crippen molar-refractivity contribution in [2.24, 2.45) is 10.2 Å². The van der Waals surface area contributed by atoms with Crippen LogP contribution < -0.4 is 5.56 Å². The molecule has 35 heavy (non-hydrogen) atoms. The standard InChI is InChI=1S/C23H22F4N4O4/c1-13-20(22(35)31(30-13)12-4-9-19(32)33)29-28-18-8-2-5-14(21(18)34)10-11-15-16(23(25,26)27)6-3-7-17(15)24/h2-3,5-8,30,34H,4,9-12H2,1H3,(H,32,33). The number of aryl methyl sites for hydroxylation is 3. The predicted molar refractivity (Wildman–Crippen MR) is 118 cm³/mol. The van der Waals surface area contributed by atoms with Crippen LogP contribution in [0.4, 0.5) is 28.9 Å². The number of hydrogen-bond donors (Lipinski definition) is 3. The van der Waals surface area contributed by atoms with Crippen LogP contribution in [-0.4, -0.2) is 26.0 Å². The summed E-state index contributed by atoms with van der Waals surface area (Å²) >= 11 is 0. The maximum Gasteiger partial charge on any atom is 0.416 e. The number of nitrogens with one attached hydrogen (secondary N) is 1. The van der Waals surface area contributed by atoms with Gasteiger partial charge in [-0.2, -0.15) is 13.2 Å². The van der Waals surface area contributed by atoms with E-state index < -0.39 is 34.6 Å². The van der Waals surface area contributed by atoms with E-state index in [2.05, 4.69) is 15.3 Å². The normalized spacial score (nSPS) is 11.9. The number of phenols is 1. The summed E-state index contributed by atoms with van der Waals surface area (Å²) in [6, 6.07) is 7.12. The first-order chi connectivity index (χ1) is 16.5. The second-order valence-electron chi connectivity index (χ2n) is 7.79. The van der Waals surface area contributed by atoms with E-state index in [0.29, 0.717) is 5.69 Å². The summed E-state index contributed by atoms with van der Waals surface area (Å²) in [5, 5.41) is 29.8. The molecule has 0 fully saturated rings. The van der Waals surface area contributed by atoms with Crippen LogP contribution in [0.1, 0.15) is 35.2 Å². The number of para-hydroxylation sites is 1. The lowest BCUT2D eigenvalue weighted by molar-refractivity contribution is -0.138. The molecule has 186 valence electrons. The van der Waals surface area contributed by atoms with Gasteiger partial charge in [-0.05, 0) is 49.9 Å². The summed E-state index contributed by atoms with van der Waals surface area (Å²) in [7, 11) is 0. The fraction of sp³-hybridized carbons (Fsp3) is 0.304. The minimum absolute atomic E-state index is 0.0236. The van der Waals surface area contributed by atoms with Gasteiger partial charge in [0, 0.05) is 18.5 Å². The van der Waals surface area contributed by atoms with Crippen LogP contribution in [0.2, 0.25) is 0 Å². The van der Waals surface area contributed by atoms with Gasteiger partial charge in [-0.25, -0.2) is 4.39 Å². The lowest BCUT2D eigenvalue weighted by Crippen LogP contribution is -2.17. The minimum Gasteiger partial charge on any atom is -0.505 e. The van der Waals surface area contributed by atoms with Gasteiger partial charge in [0.1, 0.15) is 17.3 Å². The third-order valence-corrected chi connectivity index (χ3v) is 5.30. The molecule has 1 aromatic heterocycles. The number of aromatic hydroxyl groups is 1. The lowest BCUT2D eigenvalue weighted by Gasteiger charge is -2.14. The molecule has 0 aliphatic carbocycles. The van der Waals surface area contributed by atoms with Crippen LogP contribution in [0.3, 0.4) is 0 Å². The molecule has 0 aliphatic heterocycles. The van der Waals surface area contributed by atoms with E-state index in [1.807, 2.05) is 0 Å². The monoisotopic (exact) mass is 494 g/mol. The number of aromatic nitrogens is 2. The molecule has 0 saturated carbocycles. The number of azo groups is 1. The van der Waals surface area contributed by atoms with Gasteiger partial charge in [-0.15, -0.1) is 10.2 Å². The summed E-state index contributed by atoms with van der Waals surface area (Å²) in [4.78, 5) is 23.1. The average molecular weight is 494 g/mol. The first-order valence-corrected chi connectivity index (χ1v) is 10.6. The Hall–Kier alpha value is -3.96. The highest BCUT2D eigenvalue weighted by Crippen LogP contribution is 2.36. The Labute approximate surface area is 196 Å². The van der Waals surface area contributed by atoms with Crippen molar-refractivity contribution in [1.82, 2.24) is 9.78 Å². The van der Waals surface area contributed by atoms with Crippen LogP contribution in [0.15, 0.2) is 51.4 Å². The van der Waals surface area contributed by atoms with E-state index in [9.17, 15) is 32.3 Å². The molecule has 0 spiro atoms. The van der Waals surface area contributed by atoms with E-state index in [1.165, 1.54) is 22.9 Å². The van der Waals surface area contributed by atoms with Crippen LogP contribution in [0.5, 0.6) is 5.75 Å². The van der Waals surface area contributed by atoms with Crippen molar-refractivity contribution in [1.29, 1.82) is 0 Å². The molecule has 2 aromatic carbocycles.